The van der Waals surface area contributed by atoms with Crippen LogP contribution in [0.3, 0.4) is 0 Å². The van der Waals surface area contributed by atoms with E-state index in [2.05, 4.69) is 4.98 Å². The zero-order valence-electron chi connectivity index (χ0n) is 12.3. The fourth-order valence-electron chi connectivity index (χ4n) is 1.75. The Balaban J connectivity index is 1.93. The summed E-state index contributed by atoms with van der Waals surface area (Å²) in [5.74, 6) is 1.08. The van der Waals surface area contributed by atoms with Crippen LogP contribution in [0.5, 0.6) is 5.75 Å². The molecule has 0 saturated heterocycles. The monoisotopic (exact) mass is 341 g/mol. The van der Waals surface area contributed by atoms with Crippen LogP contribution >= 0.6 is 11.8 Å². The number of nitriles is 2. The SMILES string of the molecule is N#Cc1cc(C#N)c(SCCOc2ccc([N+](=O)[O-])cc2)nc1N. The van der Waals surface area contributed by atoms with E-state index in [4.69, 9.17) is 21.0 Å². The molecule has 0 amide bonds. The maximum absolute atomic E-state index is 10.6. The van der Waals surface area contributed by atoms with Gasteiger partial charge in [-0.05, 0) is 18.2 Å². The molecule has 120 valence electrons. The molecule has 2 rings (SSSR count). The quantitative estimate of drug-likeness (QED) is 0.366. The van der Waals surface area contributed by atoms with Gasteiger partial charge in [0.2, 0.25) is 0 Å². The first-order valence-corrected chi connectivity index (χ1v) is 7.64. The van der Waals surface area contributed by atoms with Crippen LogP contribution in [-0.4, -0.2) is 22.3 Å². The maximum atomic E-state index is 10.6. The Bertz CT molecular complexity index is 840. The van der Waals surface area contributed by atoms with Crippen LogP contribution in [0.1, 0.15) is 11.1 Å². The standard InChI is InChI=1S/C15H11N5O3S/c16-8-10-7-11(9-17)15(19-14(10)18)24-6-5-23-13-3-1-12(2-4-13)20(21)22/h1-4,7H,5-6H2,(H2,18,19). The smallest absolute Gasteiger partial charge is 0.269 e. The van der Waals surface area contributed by atoms with Crippen LogP contribution in [0, 0.1) is 32.8 Å². The number of pyridine rings is 1. The van der Waals surface area contributed by atoms with Crippen LogP contribution in [0.15, 0.2) is 35.4 Å². The molecule has 1 aromatic carbocycles. The number of anilines is 1. The topological polar surface area (TPSA) is 139 Å². The molecule has 0 aliphatic heterocycles. The number of nitro groups is 1. The van der Waals surface area contributed by atoms with E-state index < -0.39 is 4.92 Å². The number of non-ortho nitro benzene ring substituents is 1. The zero-order valence-corrected chi connectivity index (χ0v) is 13.1. The summed E-state index contributed by atoms with van der Waals surface area (Å²) in [6.07, 6.45) is 0. The molecule has 9 heteroatoms. The summed E-state index contributed by atoms with van der Waals surface area (Å²) in [6.45, 7) is 0.314. The molecule has 0 radical (unpaired) electrons. The van der Waals surface area contributed by atoms with Crippen molar-refractivity contribution in [2.45, 2.75) is 5.03 Å². The highest BCUT2D eigenvalue weighted by molar-refractivity contribution is 7.99. The second-order valence-electron chi connectivity index (χ2n) is 4.45. The van der Waals surface area contributed by atoms with E-state index in [1.54, 1.807) is 0 Å². The van der Waals surface area contributed by atoms with Crippen LogP contribution in [-0.2, 0) is 0 Å². The molecule has 0 spiro atoms. The first kappa shape index (κ1) is 17.1. The number of nitro benzene ring substituents is 1. The number of hydrogen-bond acceptors (Lipinski definition) is 8. The molecule has 0 bridgehead atoms. The first-order chi connectivity index (χ1) is 11.5. The number of thioether (sulfide) groups is 1. The minimum Gasteiger partial charge on any atom is -0.493 e. The van der Waals surface area contributed by atoms with Crippen molar-refractivity contribution in [2.75, 3.05) is 18.1 Å². The average molecular weight is 341 g/mol. The third kappa shape index (κ3) is 4.12. The molecule has 0 unspecified atom stereocenters. The molecule has 2 aromatic rings. The largest absolute Gasteiger partial charge is 0.493 e. The minimum atomic E-state index is -0.482. The van der Waals surface area contributed by atoms with Gasteiger partial charge in [0, 0.05) is 17.9 Å². The zero-order chi connectivity index (χ0) is 17.5. The molecular formula is C15H11N5O3S. The van der Waals surface area contributed by atoms with E-state index in [0.717, 1.165) is 0 Å². The number of rotatable bonds is 6. The Morgan fingerprint density at radius 2 is 1.92 bits per heavy atom. The van der Waals surface area contributed by atoms with Gasteiger partial charge in [-0.3, -0.25) is 10.1 Å². The Labute approximate surface area is 141 Å². The molecule has 0 aliphatic carbocycles. The summed E-state index contributed by atoms with van der Waals surface area (Å²) in [5, 5.41) is 29.0. The van der Waals surface area contributed by atoms with Crippen LogP contribution in [0.25, 0.3) is 0 Å². The number of benzene rings is 1. The number of nitrogens with zero attached hydrogens (tertiary/aromatic N) is 4. The predicted octanol–water partition coefficient (Wildman–Crippen LogP) is 2.49. The molecule has 2 N–H and O–H groups in total. The van der Waals surface area contributed by atoms with Gasteiger partial charge < -0.3 is 10.5 Å². The van der Waals surface area contributed by atoms with Crippen LogP contribution < -0.4 is 10.5 Å². The number of nitrogen functional groups attached to an aromatic ring is 1. The van der Waals surface area contributed by atoms with Gasteiger partial charge >= 0.3 is 0 Å². The van der Waals surface area contributed by atoms with Crippen molar-refractivity contribution in [3.63, 3.8) is 0 Å². The van der Waals surface area contributed by atoms with Gasteiger partial charge in [-0.1, -0.05) is 0 Å². The summed E-state index contributed by atoms with van der Waals surface area (Å²) >= 11 is 1.28. The summed E-state index contributed by atoms with van der Waals surface area (Å²) in [7, 11) is 0. The average Bonchev–Trinajstić information content (AvgIpc) is 2.59. The Morgan fingerprint density at radius 1 is 1.25 bits per heavy atom. The van der Waals surface area contributed by atoms with Crippen molar-refractivity contribution in [3.05, 3.63) is 51.6 Å². The summed E-state index contributed by atoms with van der Waals surface area (Å²) in [6, 6.07) is 11.0. The number of nitrogens with two attached hydrogens (primary N) is 1. The van der Waals surface area contributed by atoms with E-state index in [1.807, 2.05) is 12.1 Å². The Morgan fingerprint density at radius 3 is 2.50 bits per heavy atom. The van der Waals surface area contributed by atoms with Crippen molar-refractivity contribution >= 4 is 23.3 Å². The molecule has 1 aromatic heterocycles. The fourth-order valence-corrected chi connectivity index (χ4v) is 2.53. The van der Waals surface area contributed by atoms with Crippen LogP contribution in [0.4, 0.5) is 11.5 Å². The van der Waals surface area contributed by atoms with Gasteiger partial charge in [-0.15, -0.1) is 11.8 Å². The van der Waals surface area contributed by atoms with Crippen molar-refractivity contribution in [1.29, 1.82) is 10.5 Å². The Kier molecular flexibility index (Phi) is 5.55. The summed E-state index contributed by atoms with van der Waals surface area (Å²) < 4.78 is 5.47. The van der Waals surface area contributed by atoms with Crippen molar-refractivity contribution in [3.8, 4) is 17.9 Å². The first-order valence-electron chi connectivity index (χ1n) is 6.66. The molecule has 24 heavy (non-hydrogen) atoms. The number of hydrogen-bond donors (Lipinski definition) is 1. The van der Waals surface area contributed by atoms with Crippen molar-refractivity contribution in [2.24, 2.45) is 0 Å². The van der Waals surface area contributed by atoms with Gasteiger partial charge in [0.1, 0.15) is 28.7 Å². The molecule has 1 heterocycles. The normalized spacial score (nSPS) is 9.75. The highest BCUT2D eigenvalue weighted by atomic mass is 32.2. The fraction of sp³-hybridized carbons (Fsp3) is 0.133. The van der Waals surface area contributed by atoms with Gasteiger partial charge in [0.25, 0.3) is 5.69 Å². The number of ether oxygens (including phenoxy) is 1. The lowest BCUT2D eigenvalue weighted by Gasteiger charge is -2.07. The molecule has 8 nitrogen and oxygen atoms in total. The van der Waals surface area contributed by atoms with Crippen molar-refractivity contribution < 1.29 is 9.66 Å². The molecule has 0 saturated carbocycles. The van der Waals surface area contributed by atoms with Crippen molar-refractivity contribution in [1.82, 2.24) is 4.98 Å². The third-order valence-electron chi connectivity index (χ3n) is 2.90. The third-order valence-corrected chi connectivity index (χ3v) is 3.85. The Hall–Kier alpha value is -3.30. The minimum absolute atomic E-state index is 0.00681. The van der Waals surface area contributed by atoms with Gasteiger partial charge in [0.15, 0.2) is 0 Å². The van der Waals surface area contributed by atoms with Gasteiger partial charge in [-0.2, -0.15) is 10.5 Å². The second kappa shape index (κ2) is 7.81. The van der Waals surface area contributed by atoms with E-state index in [0.29, 0.717) is 23.1 Å². The molecule has 0 atom stereocenters. The maximum Gasteiger partial charge on any atom is 0.269 e. The van der Waals surface area contributed by atoms with E-state index in [1.165, 1.54) is 42.1 Å². The lowest BCUT2D eigenvalue weighted by molar-refractivity contribution is -0.384. The van der Waals surface area contributed by atoms with Gasteiger partial charge in [0.05, 0.1) is 22.7 Å². The molecular weight excluding hydrogens is 330 g/mol. The predicted molar refractivity (Wildman–Crippen MR) is 87.4 cm³/mol. The van der Waals surface area contributed by atoms with Crippen LogP contribution in [0.2, 0.25) is 0 Å². The van der Waals surface area contributed by atoms with E-state index in [-0.39, 0.29) is 22.6 Å². The molecule has 0 aliphatic rings. The summed E-state index contributed by atoms with van der Waals surface area (Å²) in [4.78, 5) is 14.1. The van der Waals surface area contributed by atoms with E-state index in [9.17, 15) is 10.1 Å². The lowest BCUT2D eigenvalue weighted by Crippen LogP contribution is -2.03. The second-order valence-corrected chi connectivity index (χ2v) is 5.53. The molecule has 0 fully saturated rings. The summed E-state index contributed by atoms with van der Waals surface area (Å²) in [5.41, 5.74) is 6.08. The number of aromatic nitrogens is 1. The van der Waals surface area contributed by atoms with Gasteiger partial charge in [-0.25, -0.2) is 4.98 Å². The highest BCUT2D eigenvalue weighted by Crippen LogP contribution is 2.24. The van der Waals surface area contributed by atoms with E-state index >= 15 is 0 Å². The lowest BCUT2D eigenvalue weighted by atomic mass is 10.2. The highest BCUT2D eigenvalue weighted by Gasteiger charge is 2.10.